The smallest absolute Gasteiger partial charge is 0.225 e. The third kappa shape index (κ3) is 1.51. The minimum atomic E-state index is 0.577. The maximum Gasteiger partial charge on any atom is 0.225 e. The maximum atomic E-state index is 5.06. The minimum absolute atomic E-state index is 0.577. The van der Waals surface area contributed by atoms with E-state index in [0.717, 1.165) is 31.5 Å². The molecular formula is C11H16N4O. The van der Waals surface area contributed by atoms with Gasteiger partial charge in [0.2, 0.25) is 5.95 Å². The number of methoxy groups -OCH3 is 1. The summed E-state index contributed by atoms with van der Waals surface area (Å²) in [7, 11) is 1.63. The molecule has 0 bridgehead atoms. The zero-order valence-electron chi connectivity index (χ0n) is 9.39. The average Bonchev–Trinajstić information content (AvgIpc) is 2.91. The summed E-state index contributed by atoms with van der Waals surface area (Å²) < 4.78 is 5.06. The van der Waals surface area contributed by atoms with Gasteiger partial charge in [-0.3, -0.25) is 0 Å². The number of ether oxygens (including phenoxy) is 1. The number of hydrogen-bond acceptors (Lipinski definition) is 5. The van der Waals surface area contributed by atoms with E-state index in [4.69, 9.17) is 4.74 Å². The Kier molecular flexibility index (Phi) is 2.40. The van der Waals surface area contributed by atoms with Crippen molar-refractivity contribution in [1.29, 1.82) is 0 Å². The van der Waals surface area contributed by atoms with Crippen molar-refractivity contribution < 1.29 is 4.74 Å². The molecule has 0 radical (unpaired) electrons. The average molecular weight is 220 g/mol. The molecule has 0 saturated carbocycles. The summed E-state index contributed by atoms with van der Waals surface area (Å²) in [6.07, 6.45) is 4.71. The Morgan fingerprint density at radius 1 is 1.38 bits per heavy atom. The van der Waals surface area contributed by atoms with Gasteiger partial charge in [-0.05, 0) is 12.3 Å². The SMILES string of the molecule is COc1cnc(N2CC[C@H]3CNC[C@H]32)nc1. The largest absolute Gasteiger partial charge is 0.494 e. The molecule has 2 atom stereocenters. The van der Waals surface area contributed by atoms with Gasteiger partial charge in [-0.15, -0.1) is 0 Å². The Morgan fingerprint density at radius 2 is 2.19 bits per heavy atom. The number of nitrogens with one attached hydrogen (secondary N) is 1. The van der Waals surface area contributed by atoms with Crippen LogP contribution in [0.1, 0.15) is 6.42 Å². The van der Waals surface area contributed by atoms with Gasteiger partial charge < -0.3 is 15.0 Å². The van der Waals surface area contributed by atoms with Crippen LogP contribution in [-0.4, -0.2) is 42.8 Å². The molecule has 5 nitrogen and oxygen atoms in total. The van der Waals surface area contributed by atoms with Gasteiger partial charge >= 0.3 is 0 Å². The van der Waals surface area contributed by atoms with Crippen molar-refractivity contribution in [1.82, 2.24) is 15.3 Å². The van der Waals surface area contributed by atoms with Crippen molar-refractivity contribution in [2.45, 2.75) is 12.5 Å². The molecular weight excluding hydrogens is 204 g/mol. The van der Waals surface area contributed by atoms with Crippen LogP contribution in [0.2, 0.25) is 0 Å². The lowest BCUT2D eigenvalue weighted by Crippen LogP contribution is -2.35. The van der Waals surface area contributed by atoms with E-state index in [-0.39, 0.29) is 0 Å². The van der Waals surface area contributed by atoms with Crippen molar-refractivity contribution in [3.8, 4) is 5.75 Å². The zero-order valence-corrected chi connectivity index (χ0v) is 9.39. The maximum absolute atomic E-state index is 5.06. The highest BCUT2D eigenvalue weighted by molar-refractivity contribution is 5.36. The monoisotopic (exact) mass is 220 g/mol. The first-order valence-electron chi connectivity index (χ1n) is 5.72. The second kappa shape index (κ2) is 3.90. The first-order valence-corrected chi connectivity index (χ1v) is 5.72. The minimum Gasteiger partial charge on any atom is -0.494 e. The van der Waals surface area contributed by atoms with Crippen LogP contribution in [0, 0.1) is 5.92 Å². The molecule has 0 aromatic carbocycles. The lowest BCUT2D eigenvalue weighted by atomic mass is 10.1. The predicted molar refractivity (Wildman–Crippen MR) is 60.7 cm³/mol. The molecule has 0 spiro atoms. The third-order valence-corrected chi connectivity index (χ3v) is 3.55. The van der Waals surface area contributed by atoms with Gasteiger partial charge in [0.15, 0.2) is 5.75 Å². The number of fused-ring (bicyclic) bond motifs is 1. The highest BCUT2D eigenvalue weighted by Crippen LogP contribution is 2.29. The summed E-state index contributed by atoms with van der Waals surface area (Å²) in [5.41, 5.74) is 0. The van der Waals surface area contributed by atoms with Crippen LogP contribution in [0.3, 0.4) is 0 Å². The van der Waals surface area contributed by atoms with Gasteiger partial charge in [0.05, 0.1) is 19.5 Å². The quantitative estimate of drug-likeness (QED) is 0.776. The van der Waals surface area contributed by atoms with Crippen molar-refractivity contribution in [2.75, 3.05) is 31.6 Å². The molecule has 1 aromatic rings. The van der Waals surface area contributed by atoms with E-state index in [0.29, 0.717) is 11.8 Å². The van der Waals surface area contributed by atoms with Crippen LogP contribution in [0.25, 0.3) is 0 Å². The van der Waals surface area contributed by atoms with Gasteiger partial charge in [0, 0.05) is 25.7 Å². The van der Waals surface area contributed by atoms with E-state index < -0.39 is 0 Å². The fraction of sp³-hybridized carbons (Fsp3) is 0.636. The lowest BCUT2D eigenvalue weighted by Gasteiger charge is -2.23. The van der Waals surface area contributed by atoms with Crippen LogP contribution in [0.4, 0.5) is 5.95 Å². The molecule has 5 heteroatoms. The number of hydrogen-bond donors (Lipinski definition) is 1. The Balaban J connectivity index is 1.81. The summed E-state index contributed by atoms with van der Waals surface area (Å²) in [6.45, 7) is 3.26. The standard InChI is InChI=1S/C11H16N4O/c1-16-9-5-13-11(14-6-9)15-3-2-8-4-12-7-10(8)15/h5-6,8,10,12H,2-4,7H2,1H3/t8-,10+/m0/s1. The zero-order chi connectivity index (χ0) is 11.0. The number of rotatable bonds is 2. The highest BCUT2D eigenvalue weighted by Gasteiger charge is 2.38. The van der Waals surface area contributed by atoms with Crippen molar-refractivity contribution >= 4 is 5.95 Å². The van der Waals surface area contributed by atoms with E-state index in [2.05, 4.69) is 20.2 Å². The van der Waals surface area contributed by atoms with Gasteiger partial charge in [-0.25, -0.2) is 9.97 Å². The fourth-order valence-electron chi connectivity index (χ4n) is 2.66. The van der Waals surface area contributed by atoms with Gasteiger partial charge in [0.1, 0.15) is 0 Å². The third-order valence-electron chi connectivity index (χ3n) is 3.55. The van der Waals surface area contributed by atoms with Gasteiger partial charge in [-0.1, -0.05) is 0 Å². The molecule has 2 saturated heterocycles. The molecule has 3 rings (SSSR count). The van der Waals surface area contributed by atoms with Crippen LogP contribution < -0.4 is 15.0 Å². The Bertz CT molecular complexity index is 367. The molecule has 16 heavy (non-hydrogen) atoms. The summed E-state index contributed by atoms with van der Waals surface area (Å²) >= 11 is 0. The Hall–Kier alpha value is -1.36. The van der Waals surface area contributed by atoms with Gasteiger partial charge in [0.25, 0.3) is 0 Å². The van der Waals surface area contributed by atoms with E-state index in [9.17, 15) is 0 Å². The lowest BCUT2D eigenvalue weighted by molar-refractivity contribution is 0.410. The van der Waals surface area contributed by atoms with Gasteiger partial charge in [-0.2, -0.15) is 0 Å². The second-order valence-corrected chi connectivity index (χ2v) is 4.39. The Labute approximate surface area is 94.8 Å². The van der Waals surface area contributed by atoms with Crippen molar-refractivity contribution in [3.05, 3.63) is 12.4 Å². The topological polar surface area (TPSA) is 50.3 Å². The molecule has 0 aliphatic carbocycles. The summed E-state index contributed by atoms with van der Waals surface area (Å²) in [5.74, 6) is 2.31. The summed E-state index contributed by atoms with van der Waals surface area (Å²) in [4.78, 5) is 11.0. The van der Waals surface area contributed by atoms with Crippen molar-refractivity contribution in [3.63, 3.8) is 0 Å². The predicted octanol–water partition coefficient (Wildman–Crippen LogP) is 0.283. The van der Waals surface area contributed by atoms with Crippen LogP contribution >= 0.6 is 0 Å². The highest BCUT2D eigenvalue weighted by atomic mass is 16.5. The molecule has 1 N–H and O–H groups in total. The number of anilines is 1. The molecule has 0 amide bonds. The molecule has 86 valence electrons. The molecule has 3 heterocycles. The summed E-state index contributed by atoms with van der Waals surface area (Å²) in [5, 5.41) is 3.42. The molecule has 0 unspecified atom stereocenters. The molecule has 2 aliphatic rings. The van der Waals surface area contributed by atoms with E-state index in [1.807, 2.05) is 0 Å². The van der Waals surface area contributed by atoms with E-state index in [1.165, 1.54) is 6.42 Å². The van der Waals surface area contributed by atoms with E-state index >= 15 is 0 Å². The fourth-order valence-corrected chi connectivity index (χ4v) is 2.66. The normalized spacial score (nSPS) is 28.2. The van der Waals surface area contributed by atoms with Crippen molar-refractivity contribution in [2.24, 2.45) is 5.92 Å². The number of nitrogens with zero attached hydrogens (tertiary/aromatic N) is 3. The first kappa shape index (κ1) is 9.84. The van der Waals surface area contributed by atoms with Crippen LogP contribution in [0.5, 0.6) is 5.75 Å². The second-order valence-electron chi connectivity index (χ2n) is 4.39. The molecule has 1 aromatic heterocycles. The number of aromatic nitrogens is 2. The van der Waals surface area contributed by atoms with Crippen LogP contribution in [0.15, 0.2) is 12.4 Å². The van der Waals surface area contributed by atoms with E-state index in [1.54, 1.807) is 19.5 Å². The molecule has 2 aliphatic heterocycles. The Morgan fingerprint density at radius 3 is 2.94 bits per heavy atom. The summed E-state index contributed by atoms with van der Waals surface area (Å²) in [6, 6.07) is 0.577. The van der Waals surface area contributed by atoms with Crippen LogP contribution in [-0.2, 0) is 0 Å². The first-order chi connectivity index (χ1) is 7.88. The molecule has 2 fully saturated rings.